The summed E-state index contributed by atoms with van der Waals surface area (Å²) >= 11 is 5.91. The predicted octanol–water partition coefficient (Wildman–Crippen LogP) is 4.63. The number of nitro groups is 1. The number of para-hydroxylation sites is 1. The van der Waals surface area contributed by atoms with Crippen molar-refractivity contribution in [2.75, 3.05) is 11.9 Å². The topological polar surface area (TPSA) is 55.2 Å². The van der Waals surface area contributed by atoms with Crippen molar-refractivity contribution in [3.63, 3.8) is 0 Å². The molecule has 0 atom stereocenters. The minimum absolute atomic E-state index is 0.0200. The molecule has 19 heavy (non-hydrogen) atoms. The lowest BCUT2D eigenvalue weighted by molar-refractivity contribution is -0.383. The molecule has 4 nitrogen and oxygen atoms in total. The van der Waals surface area contributed by atoms with Gasteiger partial charge in [0.05, 0.1) is 4.92 Å². The number of nitro benzene ring substituents is 1. The zero-order chi connectivity index (χ0) is 13.9. The first-order valence-corrected chi connectivity index (χ1v) is 7.12. The van der Waals surface area contributed by atoms with Gasteiger partial charge in [-0.05, 0) is 36.8 Å². The summed E-state index contributed by atoms with van der Waals surface area (Å²) in [5.41, 5.74) is 0.793. The fourth-order valence-electron chi connectivity index (χ4n) is 2.91. The second-order valence-electron chi connectivity index (χ2n) is 5.31. The normalized spacial score (nSPS) is 17.4. The van der Waals surface area contributed by atoms with Gasteiger partial charge >= 0.3 is 5.69 Å². The Bertz CT molecular complexity index is 471. The number of benzene rings is 1. The lowest BCUT2D eigenvalue weighted by atomic mass is 9.83. The van der Waals surface area contributed by atoms with Crippen LogP contribution in [-0.4, -0.2) is 11.5 Å². The van der Waals surface area contributed by atoms with Crippen molar-refractivity contribution in [1.29, 1.82) is 0 Å². The van der Waals surface area contributed by atoms with E-state index in [0.717, 1.165) is 13.0 Å². The third kappa shape index (κ3) is 3.00. The maximum absolute atomic E-state index is 11.1. The largest absolute Gasteiger partial charge is 0.379 e. The van der Waals surface area contributed by atoms with Gasteiger partial charge in [-0.2, -0.15) is 0 Å². The van der Waals surface area contributed by atoms with Crippen molar-refractivity contribution in [1.82, 2.24) is 0 Å². The SMILES string of the molecule is CCC1(CNc2cccc(Cl)c2[N+](=O)[O-])CCCC1. The van der Waals surface area contributed by atoms with E-state index in [1.165, 1.54) is 25.7 Å². The van der Waals surface area contributed by atoms with Crippen molar-refractivity contribution < 1.29 is 4.92 Å². The fourth-order valence-corrected chi connectivity index (χ4v) is 3.15. The molecule has 104 valence electrons. The van der Waals surface area contributed by atoms with Gasteiger partial charge in [0.1, 0.15) is 10.7 Å². The van der Waals surface area contributed by atoms with Crippen LogP contribution >= 0.6 is 11.6 Å². The van der Waals surface area contributed by atoms with Crippen LogP contribution in [0.1, 0.15) is 39.0 Å². The molecule has 0 radical (unpaired) electrons. The second-order valence-corrected chi connectivity index (χ2v) is 5.71. The summed E-state index contributed by atoms with van der Waals surface area (Å²) in [6.07, 6.45) is 6.02. The van der Waals surface area contributed by atoms with Crippen molar-refractivity contribution in [2.45, 2.75) is 39.0 Å². The third-order valence-electron chi connectivity index (χ3n) is 4.24. The van der Waals surface area contributed by atoms with Crippen LogP contribution < -0.4 is 5.32 Å². The van der Waals surface area contributed by atoms with E-state index in [0.29, 0.717) is 5.69 Å². The Morgan fingerprint density at radius 1 is 1.42 bits per heavy atom. The Kier molecular flexibility index (Phi) is 4.30. The molecule has 0 unspecified atom stereocenters. The molecular formula is C14H19ClN2O2. The van der Waals surface area contributed by atoms with E-state index in [1.807, 2.05) is 0 Å². The summed E-state index contributed by atoms with van der Waals surface area (Å²) in [5.74, 6) is 0. The van der Waals surface area contributed by atoms with E-state index in [-0.39, 0.29) is 16.1 Å². The molecule has 1 saturated carbocycles. The van der Waals surface area contributed by atoms with Gasteiger partial charge < -0.3 is 5.32 Å². The molecule has 0 amide bonds. The molecule has 0 saturated heterocycles. The molecule has 0 spiro atoms. The van der Waals surface area contributed by atoms with Crippen LogP contribution in [0.2, 0.25) is 5.02 Å². The number of hydrogen-bond donors (Lipinski definition) is 1. The van der Waals surface area contributed by atoms with Gasteiger partial charge in [-0.3, -0.25) is 10.1 Å². The zero-order valence-corrected chi connectivity index (χ0v) is 11.9. The Labute approximate surface area is 118 Å². The highest BCUT2D eigenvalue weighted by Gasteiger charge is 2.32. The smallest absolute Gasteiger partial charge is 0.310 e. The number of rotatable bonds is 5. The average molecular weight is 283 g/mol. The van der Waals surface area contributed by atoms with Crippen LogP contribution in [0.3, 0.4) is 0 Å². The van der Waals surface area contributed by atoms with Gasteiger partial charge in [0.15, 0.2) is 0 Å². The lowest BCUT2D eigenvalue weighted by Crippen LogP contribution is -2.26. The van der Waals surface area contributed by atoms with Gasteiger partial charge in [-0.1, -0.05) is 37.4 Å². The molecule has 5 heteroatoms. The molecule has 1 aromatic carbocycles. The molecule has 1 aliphatic rings. The van der Waals surface area contributed by atoms with Crippen LogP contribution in [0.15, 0.2) is 18.2 Å². The van der Waals surface area contributed by atoms with E-state index in [9.17, 15) is 10.1 Å². The maximum atomic E-state index is 11.1. The second kappa shape index (κ2) is 5.78. The standard InChI is InChI=1S/C14H19ClN2O2/c1-2-14(8-3-4-9-14)10-16-12-7-5-6-11(15)13(12)17(18)19/h5-7,16H,2-4,8-10H2,1H3. The molecule has 0 aromatic heterocycles. The number of nitrogens with zero attached hydrogens (tertiary/aromatic N) is 1. The summed E-state index contributed by atoms with van der Waals surface area (Å²) < 4.78 is 0. The van der Waals surface area contributed by atoms with E-state index in [1.54, 1.807) is 18.2 Å². The monoisotopic (exact) mass is 282 g/mol. The van der Waals surface area contributed by atoms with Gasteiger partial charge in [0, 0.05) is 6.54 Å². The summed E-state index contributed by atoms with van der Waals surface area (Å²) in [6.45, 7) is 2.98. The van der Waals surface area contributed by atoms with Crippen molar-refractivity contribution in [3.8, 4) is 0 Å². The Balaban J connectivity index is 2.15. The molecule has 0 aliphatic heterocycles. The number of nitrogens with one attached hydrogen (secondary N) is 1. The molecule has 1 aromatic rings. The Morgan fingerprint density at radius 2 is 2.11 bits per heavy atom. The van der Waals surface area contributed by atoms with Crippen LogP contribution in [0, 0.1) is 15.5 Å². The van der Waals surface area contributed by atoms with Gasteiger partial charge in [-0.15, -0.1) is 0 Å². The fraction of sp³-hybridized carbons (Fsp3) is 0.571. The molecule has 1 fully saturated rings. The minimum Gasteiger partial charge on any atom is -0.379 e. The van der Waals surface area contributed by atoms with Crippen LogP contribution in [0.5, 0.6) is 0 Å². The van der Waals surface area contributed by atoms with Gasteiger partial charge in [0.2, 0.25) is 0 Å². The zero-order valence-electron chi connectivity index (χ0n) is 11.1. The number of hydrogen-bond acceptors (Lipinski definition) is 3. The molecule has 1 aliphatic carbocycles. The average Bonchev–Trinajstić information content (AvgIpc) is 2.85. The van der Waals surface area contributed by atoms with Gasteiger partial charge in [0.25, 0.3) is 0 Å². The highest BCUT2D eigenvalue weighted by atomic mass is 35.5. The van der Waals surface area contributed by atoms with Gasteiger partial charge in [-0.25, -0.2) is 0 Å². The first-order chi connectivity index (χ1) is 9.08. The van der Waals surface area contributed by atoms with Crippen LogP contribution in [0.25, 0.3) is 0 Å². The molecule has 0 bridgehead atoms. The predicted molar refractivity (Wildman–Crippen MR) is 77.8 cm³/mol. The summed E-state index contributed by atoms with van der Waals surface area (Å²) in [7, 11) is 0. The quantitative estimate of drug-likeness (QED) is 0.633. The third-order valence-corrected chi connectivity index (χ3v) is 4.54. The summed E-state index contributed by atoms with van der Waals surface area (Å²) in [5, 5.41) is 14.5. The first-order valence-electron chi connectivity index (χ1n) is 6.75. The Morgan fingerprint density at radius 3 is 2.68 bits per heavy atom. The number of anilines is 1. The first kappa shape index (κ1) is 14.1. The van der Waals surface area contributed by atoms with E-state index in [2.05, 4.69) is 12.2 Å². The van der Waals surface area contributed by atoms with Crippen LogP contribution in [-0.2, 0) is 0 Å². The maximum Gasteiger partial charge on any atom is 0.310 e. The molecule has 2 rings (SSSR count). The van der Waals surface area contributed by atoms with Crippen LogP contribution in [0.4, 0.5) is 11.4 Å². The summed E-state index contributed by atoms with van der Waals surface area (Å²) in [6, 6.07) is 5.02. The van der Waals surface area contributed by atoms with Crippen molar-refractivity contribution >= 4 is 23.0 Å². The Hall–Kier alpha value is -1.29. The molecule has 1 N–H and O–H groups in total. The lowest BCUT2D eigenvalue weighted by Gasteiger charge is -2.28. The van der Waals surface area contributed by atoms with Crippen molar-refractivity contribution in [3.05, 3.63) is 33.3 Å². The molecular weight excluding hydrogens is 264 g/mol. The van der Waals surface area contributed by atoms with E-state index < -0.39 is 4.92 Å². The number of halogens is 1. The minimum atomic E-state index is -0.419. The summed E-state index contributed by atoms with van der Waals surface area (Å²) in [4.78, 5) is 10.7. The van der Waals surface area contributed by atoms with E-state index in [4.69, 9.17) is 11.6 Å². The highest BCUT2D eigenvalue weighted by molar-refractivity contribution is 6.33. The molecule has 0 heterocycles. The van der Waals surface area contributed by atoms with E-state index >= 15 is 0 Å². The van der Waals surface area contributed by atoms with Crippen molar-refractivity contribution in [2.24, 2.45) is 5.41 Å². The highest BCUT2D eigenvalue weighted by Crippen LogP contribution is 2.42.